The van der Waals surface area contributed by atoms with Crippen molar-refractivity contribution in [2.75, 3.05) is 0 Å². The van der Waals surface area contributed by atoms with Gasteiger partial charge in [-0.1, -0.05) is 23.4 Å². The summed E-state index contributed by atoms with van der Waals surface area (Å²) in [5.41, 5.74) is 7.90. The Hall–Kier alpha value is -2.96. The minimum Gasteiger partial charge on any atom is -0.364 e. The summed E-state index contributed by atoms with van der Waals surface area (Å²) in [4.78, 5) is 23.2. The van der Waals surface area contributed by atoms with Gasteiger partial charge in [0.05, 0.1) is 17.9 Å². The maximum Gasteiger partial charge on any atom is 0.270 e. The Morgan fingerprint density at radius 2 is 2.04 bits per heavy atom. The van der Waals surface area contributed by atoms with Crippen LogP contribution in [0, 0.1) is 0 Å². The Kier molecular flexibility index (Phi) is 4.41. The lowest BCUT2D eigenvalue weighted by Crippen LogP contribution is -2.27. The smallest absolute Gasteiger partial charge is 0.270 e. The predicted molar refractivity (Wildman–Crippen MR) is 88.4 cm³/mol. The Labute approximate surface area is 139 Å². The van der Waals surface area contributed by atoms with E-state index in [0.717, 1.165) is 36.1 Å². The third kappa shape index (κ3) is 3.34. The highest BCUT2D eigenvalue weighted by atomic mass is 16.2. The van der Waals surface area contributed by atoms with Crippen molar-refractivity contribution in [3.63, 3.8) is 0 Å². The van der Waals surface area contributed by atoms with E-state index in [2.05, 4.69) is 15.6 Å². The van der Waals surface area contributed by atoms with Crippen molar-refractivity contribution in [1.29, 1.82) is 0 Å². The van der Waals surface area contributed by atoms with Gasteiger partial charge in [-0.25, -0.2) is 4.68 Å². The fraction of sp³-hybridized carbons (Fsp3) is 0.294. The van der Waals surface area contributed by atoms with Crippen molar-refractivity contribution in [2.45, 2.75) is 32.2 Å². The molecular weight excluding hydrogens is 306 g/mol. The molecular formula is C17H19N5O2. The molecule has 2 amide bonds. The molecule has 0 saturated carbocycles. The van der Waals surface area contributed by atoms with Crippen LogP contribution in [0.3, 0.4) is 0 Å². The molecule has 1 aromatic carbocycles. The quantitative estimate of drug-likeness (QED) is 0.872. The summed E-state index contributed by atoms with van der Waals surface area (Å²) in [6, 6.07) is 7.44. The average molecular weight is 325 g/mol. The second kappa shape index (κ2) is 6.66. The van der Waals surface area contributed by atoms with E-state index in [9.17, 15) is 9.59 Å². The molecule has 7 nitrogen and oxygen atoms in total. The van der Waals surface area contributed by atoms with Crippen LogP contribution in [0.2, 0.25) is 0 Å². The fourth-order valence-corrected chi connectivity index (χ4v) is 2.67. The van der Waals surface area contributed by atoms with Gasteiger partial charge in [-0.2, -0.15) is 0 Å². The normalized spacial score (nSPS) is 15.0. The SMILES string of the molecule is C[C@@H](NC(=O)C1=CCCC1)c1ccc(-n2cc(C(N)=O)nn2)cc1. The molecule has 1 aromatic heterocycles. The molecule has 1 aliphatic rings. The molecule has 0 bridgehead atoms. The van der Waals surface area contributed by atoms with Gasteiger partial charge in [-0.15, -0.1) is 5.10 Å². The zero-order valence-corrected chi connectivity index (χ0v) is 13.4. The first-order valence-corrected chi connectivity index (χ1v) is 7.87. The minimum atomic E-state index is -0.615. The number of carbonyl (C=O) groups excluding carboxylic acids is 2. The molecule has 1 heterocycles. The summed E-state index contributed by atoms with van der Waals surface area (Å²) >= 11 is 0. The molecule has 0 aliphatic heterocycles. The number of primary amides is 1. The Balaban J connectivity index is 1.69. The van der Waals surface area contributed by atoms with Crippen molar-refractivity contribution in [1.82, 2.24) is 20.3 Å². The summed E-state index contributed by atoms with van der Waals surface area (Å²) in [6.45, 7) is 1.95. The molecule has 0 fully saturated rings. The Morgan fingerprint density at radius 3 is 2.62 bits per heavy atom. The standard InChI is InChI=1S/C17H19N5O2/c1-11(19-17(24)13-4-2-3-5-13)12-6-8-14(9-7-12)22-10-15(16(18)23)20-21-22/h4,6-11H,2-3,5H2,1H3,(H2,18,23)(H,19,24)/t11-/m1/s1. The lowest BCUT2D eigenvalue weighted by molar-refractivity contribution is -0.118. The summed E-state index contributed by atoms with van der Waals surface area (Å²) in [5.74, 6) is -0.609. The lowest BCUT2D eigenvalue weighted by Gasteiger charge is -2.15. The number of nitrogens with one attached hydrogen (secondary N) is 1. The van der Waals surface area contributed by atoms with Gasteiger partial charge in [0.15, 0.2) is 5.69 Å². The zero-order chi connectivity index (χ0) is 17.1. The maximum atomic E-state index is 12.1. The highest BCUT2D eigenvalue weighted by Crippen LogP contribution is 2.20. The predicted octanol–water partition coefficient (Wildman–Crippen LogP) is 1.65. The first-order chi connectivity index (χ1) is 11.5. The highest BCUT2D eigenvalue weighted by Gasteiger charge is 2.16. The van der Waals surface area contributed by atoms with Crippen molar-refractivity contribution in [2.24, 2.45) is 5.73 Å². The van der Waals surface area contributed by atoms with Gasteiger partial charge < -0.3 is 11.1 Å². The fourth-order valence-electron chi connectivity index (χ4n) is 2.67. The van der Waals surface area contributed by atoms with E-state index in [1.54, 1.807) is 0 Å². The van der Waals surface area contributed by atoms with Crippen LogP contribution in [-0.2, 0) is 4.79 Å². The molecule has 0 unspecified atom stereocenters. The summed E-state index contributed by atoms with van der Waals surface area (Å²) in [6.07, 6.45) is 6.38. The second-order valence-electron chi connectivity index (χ2n) is 5.82. The second-order valence-corrected chi connectivity index (χ2v) is 5.82. The van der Waals surface area contributed by atoms with E-state index >= 15 is 0 Å². The summed E-state index contributed by atoms with van der Waals surface area (Å²) < 4.78 is 1.48. The van der Waals surface area contributed by atoms with Crippen LogP contribution < -0.4 is 11.1 Å². The van der Waals surface area contributed by atoms with Gasteiger partial charge in [-0.05, 0) is 43.9 Å². The van der Waals surface area contributed by atoms with Gasteiger partial charge in [-0.3, -0.25) is 9.59 Å². The van der Waals surface area contributed by atoms with Crippen molar-refractivity contribution in [3.8, 4) is 5.69 Å². The number of aromatic nitrogens is 3. The van der Waals surface area contributed by atoms with Crippen LogP contribution in [0.5, 0.6) is 0 Å². The Morgan fingerprint density at radius 1 is 1.29 bits per heavy atom. The van der Waals surface area contributed by atoms with E-state index in [-0.39, 0.29) is 17.6 Å². The summed E-state index contributed by atoms with van der Waals surface area (Å²) in [5, 5.41) is 10.6. The first kappa shape index (κ1) is 15.9. The van der Waals surface area contributed by atoms with Crippen molar-refractivity contribution >= 4 is 11.8 Å². The van der Waals surface area contributed by atoms with Crippen LogP contribution >= 0.6 is 0 Å². The molecule has 0 saturated heterocycles. The lowest BCUT2D eigenvalue weighted by atomic mass is 10.1. The number of benzene rings is 1. The number of hydrogen-bond acceptors (Lipinski definition) is 4. The molecule has 1 atom stereocenters. The number of rotatable bonds is 5. The number of nitrogens with two attached hydrogens (primary N) is 1. The van der Waals surface area contributed by atoms with Crippen LogP contribution in [0.25, 0.3) is 5.69 Å². The van der Waals surface area contributed by atoms with Crippen LogP contribution in [0.4, 0.5) is 0 Å². The minimum absolute atomic E-state index is 0.00597. The number of hydrogen-bond donors (Lipinski definition) is 2. The average Bonchev–Trinajstić information content (AvgIpc) is 3.26. The molecule has 3 rings (SSSR count). The van der Waals surface area contributed by atoms with E-state index in [4.69, 9.17) is 5.73 Å². The number of allylic oxidation sites excluding steroid dienone is 1. The number of amides is 2. The number of carbonyl (C=O) groups is 2. The van der Waals surface area contributed by atoms with E-state index in [0.29, 0.717) is 0 Å². The topological polar surface area (TPSA) is 103 Å². The van der Waals surface area contributed by atoms with Crippen molar-refractivity contribution in [3.05, 3.63) is 53.4 Å². The van der Waals surface area contributed by atoms with Gasteiger partial charge in [0.25, 0.3) is 5.91 Å². The zero-order valence-electron chi connectivity index (χ0n) is 13.4. The third-order valence-corrected chi connectivity index (χ3v) is 4.08. The van der Waals surface area contributed by atoms with Crippen LogP contribution in [0.1, 0.15) is 48.3 Å². The summed E-state index contributed by atoms with van der Waals surface area (Å²) in [7, 11) is 0. The van der Waals surface area contributed by atoms with E-state index in [1.165, 1.54) is 10.9 Å². The van der Waals surface area contributed by atoms with Gasteiger partial charge in [0, 0.05) is 5.57 Å². The molecule has 2 aromatic rings. The molecule has 0 spiro atoms. The van der Waals surface area contributed by atoms with Gasteiger partial charge >= 0.3 is 0 Å². The molecule has 3 N–H and O–H groups in total. The largest absolute Gasteiger partial charge is 0.364 e. The van der Waals surface area contributed by atoms with E-state index < -0.39 is 5.91 Å². The molecule has 1 aliphatic carbocycles. The van der Waals surface area contributed by atoms with Crippen LogP contribution in [0.15, 0.2) is 42.1 Å². The monoisotopic (exact) mass is 325 g/mol. The molecule has 7 heteroatoms. The maximum absolute atomic E-state index is 12.1. The third-order valence-electron chi connectivity index (χ3n) is 4.08. The first-order valence-electron chi connectivity index (χ1n) is 7.87. The van der Waals surface area contributed by atoms with Crippen LogP contribution in [-0.4, -0.2) is 26.8 Å². The molecule has 0 radical (unpaired) electrons. The van der Waals surface area contributed by atoms with Crippen molar-refractivity contribution < 1.29 is 9.59 Å². The van der Waals surface area contributed by atoms with Gasteiger partial charge in [0.1, 0.15) is 0 Å². The molecule has 24 heavy (non-hydrogen) atoms. The van der Waals surface area contributed by atoms with E-state index in [1.807, 2.05) is 37.3 Å². The Bertz CT molecular complexity index is 792. The molecule has 124 valence electrons. The highest BCUT2D eigenvalue weighted by molar-refractivity contribution is 5.94. The number of nitrogens with zero attached hydrogens (tertiary/aromatic N) is 3. The van der Waals surface area contributed by atoms with Gasteiger partial charge in [0.2, 0.25) is 5.91 Å².